The Bertz CT molecular complexity index is 631. The van der Waals surface area contributed by atoms with E-state index >= 15 is 0 Å². The third-order valence-electron chi connectivity index (χ3n) is 3.68. The summed E-state index contributed by atoms with van der Waals surface area (Å²) < 4.78 is 0. The quantitative estimate of drug-likeness (QED) is 0.748. The van der Waals surface area contributed by atoms with Crippen molar-refractivity contribution in [3.8, 4) is 0 Å². The first kappa shape index (κ1) is 18.0. The molecule has 0 aliphatic heterocycles. The monoisotopic (exact) mass is 331 g/mol. The van der Waals surface area contributed by atoms with Gasteiger partial charge in [-0.2, -0.15) is 0 Å². The number of rotatable bonds is 6. The molecule has 0 saturated heterocycles. The van der Waals surface area contributed by atoms with E-state index in [2.05, 4.69) is 16.0 Å². The highest BCUT2D eigenvalue weighted by atomic mass is 16.2. The lowest BCUT2D eigenvalue weighted by Crippen LogP contribution is -2.36. The van der Waals surface area contributed by atoms with Crippen molar-refractivity contribution in [2.75, 3.05) is 17.2 Å². The first-order valence-corrected chi connectivity index (χ1v) is 8.25. The summed E-state index contributed by atoms with van der Waals surface area (Å²) in [7, 11) is 0. The summed E-state index contributed by atoms with van der Waals surface area (Å²) in [6.45, 7) is 5.76. The van der Waals surface area contributed by atoms with Crippen molar-refractivity contribution in [3.63, 3.8) is 0 Å². The molecule has 0 unspecified atom stereocenters. The summed E-state index contributed by atoms with van der Waals surface area (Å²) >= 11 is 0. The van der Waals surface area contributed by atoms with Crippen molar-refractivity contribution < 1.29 is 14.4 Å². The number of hydrogen-bond donors (Lipinski definition) is 3. The van der Waals surface area contributed by atoms with Crippen LogP contribution in [-0.4, -0.2) is 24.3 Å². The zero-order chi connectivity index (χ0) is 17.7. The van der Waals surface area contributed by atoms with Gasteiger partial charge in [-0.15, -0.1) is 0 Å². The maximum absolute atomic E-state index is 11.9. The van der Waals surface area contributed by atoms with Crippen LogP contribution in [0.2, 0.25) is 0 Å². The van der Waals surface area contributed by atoms with Gasteiger partial charge in [0.05, 0.1) is 0 Å². The highest BCUT2D eigenvalue weighted by Gasteiger charge is 2.29. The Labute approximate surface area is 142 Å². The molecule has 24 heavy (non-hydrogen) atoms. The molecular formula is C18H25N3O3. The van der Waals surface area contributed by atoms with E-state index in [1.54, 1.807) is 24.3 Å². The summed E-state index contributed by atoms with van der Waals surface area (Å²) in [6.07, 6.45) is 2.09. The van der Waals surface area contributed by atoms with E-state index in [9.17, 15) is 14.4 Å². The molecule has 3 amide bonds. The van der Waals surface area contributed by atoms with Crippen LogP contribution in [0, 0.1) is 11.3 Å². The van der Waals surface area contributed by atoms with Gasteiger partial charge in [0.25, 0.3) is 0 Å². The van der Waals surface area contributed by atoms with Gasteiger partial charge in [0.2, 0.25) is 17.7 Å². The molecule has 0 heterocycles. The average molecular weight is 331 g/mol. The molecule has 0 spiro atoms. The molecule has 3 N–H and O–H groups in total. The van der Waals surface area contributed by atoms with Crippen LogP contribution in [0.3, 0.4) is 0 Å². The van der Waals surface area contributed by atoms with Crippen molar-refractivity contribution in [2.45, 2.75) is 40.0 Å². The van der Waals surface area contributed by atoms with E-state index in [0.717, 1.165) is 12.8 Å². The van der Waals surface area contributed by atoms with Gasteiger partial charge in [-0.1, -0.05) is 26.8 Å². The molecule has 1 fully saturated rings. The lowest BCUT2D eigenvalue weighted by Gasteiger charge is -2.17. The SMILES string of the molecule is CC(C)(C)C(=O)NCCC(=O)Nc1cccc(NC(=O)C2CC2)c1. The van der Waals surface area contributed by atoms with Gasteiger partial charge in [0.15, 0.2) is 0 Å². The number of benzene rings is 1. The zero-order valence-corrected chi connectivity index (χ0v) is 14.4. The average Bonchev–Trinajstić information content (AvgIpc) is 3.31. The lowest BCUT2D eigenvalue weighted by atomic mass is 9.96. The van der Waals surface area contributed by atoms with E-state index in [0.29, 0.717) is 17.9 Å². The van der Waals surface area contributed by atoms with Crippen LogP contribution in [0.25, 0.3) is 0 Å². The van der Waals surface area contributed by atoms with Gasteiger partial charge >= 0.3 is 0 Å². The fourth-order valence-electron chi connectivity index (χ4n) is 2.04. The number of carbonyl (C=O) groups excluding carboxylic acids is 3. The topological polar surface area (TPSA) is 87.3 Å². The van der Waals surface area contributed by atoms with Gasteiger partial charge in [0.1, 0.15) is 0 Å². The molecular weight excluding hydrogens is 306 g/mol. The fraction of sp³-hybridized carbons (Fsp3) is 0.500. The maximum Gasteiger partial charge on any atom is 0.227 e. The molecule has 0 radical (unpaired) electrons. The van der Waals surface area contributed by atoms with Crippen molar-refractivity contribution in [2.24, 2.45) is 11.3 Å². The van der Waals surface area contributed by atoms with Crippen molar-refractivity contribution >= 4 is 29.1 Å². The second-order valence-electron chi connectivity index (χ2n) is 7.15. The predicted molar refractivity (Wildman–Crippen MR) is 93.5 cm³/mol. The first-order chi connectivity index (χ1) is 11.3. The normalized spacial score (nSPS) is 14.0. The Balaban J connectivity index is 1.79. The van der Waals surface area contributed by atoms with Crippen LogP contribution in [-0.2, 0) is 14.4 Å². The van der Waals surface area contributed by atoms with Crippen molar-refractivity contribution in [1.82, 2.24) is 5.32 Å². The van der Waals surface area contributed by atoms with Gasteiger partial charge in [-0.05, 0) is 31.0 Å². The van der Waals surface area contributed by atoms with E-state index in [1.165, 1.54) is 0 Å². The summed E-state index contributed by atoms with van der Waals surface area (Å²) in [5.41, 5.74) is 0.825. The summed E-state index contributed by atoms with van der Waals surface area (Å²) in [5.74, 6) is -0.104. The van der Waals surface area contributed by atoms with E-state index < -0.39 is 5.41 Å². The van der Waals surface area contributed by atoms with Crippen LogP contribution in [0.4, 0.5) is 11.4 Å². The van der Waals surface area contributed by atoms with Gasteiger partial charge in [0, 0.05) is 35.7 Å². The molecule has 130 valence electrons. The first-order valence-electron chi connectivity index (χ1n) is 8.25. The Morgan fingerprint density at radius 1 is 1.08 bits per heavy atom. The van der Waals surface area contributed by atoms with Crippen molar-refractivity contribution in [3.05, 3.63) is 24.3 Å². The molecule has 0 atom stereocenters. The van der Waals surface area contributed by atoms with Crippen LogP contribution in [0.1, 0.15) is 40.0 Å². The third kappa shape index (κ3) is 5.68. The summed E-state index contributed by atoms with van der Waals surface area (Å²) in [5, 5.41) is 8.36. The minimum Gasteiger partial charge on any atom is -0.355 e. The minimum atomic E-state index is -0.468. The smallest absolute Gasteiger partial charge is 0.227 e. The highest BCUT2D eigenvalue weighted by molar-refractivity contribution is 5.96. The predicted octanol–water partition coefficient (Wildman–Crippen LogP) is 2.53. The molecule has 0 aromatic heterocycles. The highest BCUT2D eigenvalue weighted by Crippen LogP contribution is 2.30. The molecule has 6 nitrogen and oxygen atoms in total. The number of carbonyl (C=O) groups is 3. The van der Waals surface area contributed by atoms with E-state index in [1.807, 2.05) is 20.8 Å². The second kappa shape index (κ2) is 7.47. The van der Waals surface area contributed by atoms with Crippen LogP contribution >= 0.6 is 0 Å². The van der Waals surface area contributed by atoms with E-state index in [4.69, 9.17) is 0 Å². The molecule has 1 saturated carbocycles. The molecule has 1 aromatic carbocycles. The Hall–Kier alpha value is -2.37. The number of hydrogen-bond acceptors (Lipinski definition) is 3. The maximum atomic E-state index is 11.9. The fourth-order valence-corrected chi connectivity index (χ4v) is 2.04. The van der Waals surface area contributed by atoms with E-state index in [-0.39, 0.29) is 30.1 Å². The largest absolute Gasteiger partial charge is 0.355 e. The summed E-state index contributed by atoms with van der Waals surface area (Å²) in [4.78, 5) is 35.4. The minimum absolute atomic E-state index is 0.0309. The molecule has 6 heteroatoms. The van der Waals surface area contributed by atoms with Crippen LogP contribution in [0.5, 0.6) is 0 Å². The van der Waals surface area contributed by atoms with Crippen LogP contribution in [0.15, 0.2) is 24.3 Å². The zero-order valence-electron chi connectivity index (χ0n) is 14.4. The van der Waals surface area contributed by atoms with Gasteiger partial charge in [-0.3, -0.25) is 14.4 Å². The Morgan fingerprint density at radius 2 is 1.71 bits per heavy atom. The van der Waals surface area contributed by atoms with Crippen LogP contribution < -0.4 is 16.0 Å². The molecule has 0 bridgehead atoms. The molecule has 1 aliphatic carbocycles. The number of amides is 3. The number of anilines is 2. The lowest BCUT2D eigenvalue weighted by molar-refractivity contribution is -0.128. The molecule has 1 aliphatic rings. The second-order valence-corrected chi connectivity index (χ2v) is 7.15. The Kier molecular flexibility index (Phi) is 5.59. The Morgan fingerprint density at radius 3 is 2.29 bits per heavy atom. The number of nitrogens with one attached hydrogen (secondary N) is 3. The summed E-state index contributed by atoms with van der Waals surface area (Å²) in [6, 6.07) is 7.06. The van der Waals surface area contributed by atoms with Gasteiger partial charge in [-0.25, -0.2) is 0 Å². The standard InChI is InChI=1S/C18H25N3O3/c1-18(2,3)17(24)19-10-9-15(22)20-13-5-4-6-14(11-13)21-16(23)12-7-8-12/h4-6,11-12H,7-10H2,1-3H3,(H,19,24)(H,20,22)(H,21,23). The van der Waals surface area contributed by atoms with Crippen molar-refractivity contribution in [1.29, 1.82) is 0 Å². The third-order valence-corrected chi connectivity index (χ3v) is 3.68. The molecule has 2 rings (SSSR count). The van der Waals surface area contributed by atoms with Gasteiger partial charge < -0.3 is 16.0 Å². The molecule has 1 aromatic rings.